The number of nitrogens with zero attached hydrogens (tertiary/aromatic N) is 2. The van der Waals surface area contributed by atoms with Crippen LogP contribution < -0.4 is 15.8 Å². The van der Waals surface area contributed by atoms with Crippen molar-refractivity contribution in [2.24, 2.45) is 5.73 Å². The molecule has 6 nitrogen and oxygen atoms in total. The minimum absolute atomic E-state index is 0.0918. The summed E-state index contributed by atoms with van der Waals surface area (Å²) in [4.78, 5) is 0. The summed E-state index contributed by atoms with van der Waals surface area (Å²) in [5, 5.41) is 15.7. The molecule has 0 fully saturated rings. The fourth-order valence-electron chi connectivity index (χ4n) is 2.76. The Morgan fingerprint density at radius 2 is 2.27 bits per heavy atom. The van der Waals surface area contributed by atoms with Gasteiger partial charge in [-0.25, -0.2) is 0 Å². The van der Waals surface area contributed by atoms with Crippen LogP contribution in [-0.2, 0) is 6.42 Å². The number of nitrogens with one attached hydrogen (secondary N) is 2. The van der Waals surface area contributed by atoms with Gasteiger partial charge < -0.3 is 15.8 Å². The van der Waals surface area contributed by atoms with E-state index >= 15 is 0 Å². The number of aromatic nitrogens is 2. The van der Waals surface area contributed by atoms with Gasteiger partial charge in [0.25, 0.3) is 0 Å². The van der Waals surface area contributed by atoms with Crippen molar-refractivity contribution >= 4 is 27.7 Å². The molecule has 22 heavy (non-hydrogen) atoms. The summed E-state index contributed by atoms with van der Waals surface area (Å²) in [6, 6.07) is 5.82. The van der Waals surface area contributed by atoms with Crippen LogP contribution in [0.15, 0.2) is 22.7 Å². The van der Waals surface area contributed by atoms with Crippen molar-refractivity contribution in [3.63, 3.8) is 0 Å². The van der Waals surface area contributed by atoms with E-state index in [0.717, 1.165) is 58.7 Å². The SMILES string of the molecule is COc1ccc(Br)cc1-c1nn(C(=N)N)c2c1CCCCN2. The van der Waals surface area contributed by atoms with Crippen LogP contribution in [0.25, 0.3) is 11.3 Å². The minimum atomic E-state index is -0.0918. The normalized spacial score (nSPS) is 13.9. The van der Waals surface area contributed by atoms with E-state index in [2.05, 4.69) is 26.3 Å². The smallest absolute Gasteiger partial charge is 0.215 e. The first-order valence-corrected chi connectivity index (χ1v) is 7.95. The molecule has 1 aromatic carbocycles. The second-order valence-electron chi connectivity index (χ2n) is 5.20. The number of nitrogen functional groups attached to an aromatic ring is 1. The van der Waals surface area contributed by atoms with E-state index in [0.29, 0.717) is 0 Å². The molecular weight excluding hydrogens is 346 g/mol. The number of halogens is 1. The number of fused-ring (bicyclic) bond motifs is 1. The lowest BCUT2D eigenvalue weighted by molar-refractivity contribution is 0.416. The lowest BCUT2D eigenvalue weighted by atomic mass is 10.0. The highest BCUT2D eigenvalue weighted by molar-refractivity contribution is 9.10. The lowest BCUT2D eigenvalue weighted by Crippen LogP contribution is -2.24. The topological polar surface area (TPSA) is 89.0 Å². The fraction of sp³-hybridized carbons (Fsp3) is 0.333. The summed E-state index contributed by atoms with van der Waals surface area (Å²) in [6.45, 7) is 0.862. The molecule has 0 amide bonds. The maximum Gasteiger partial charge on any atom is 0.215 e. The first-order valence-electron chi connectivity index (χ1n) is 7.16. The highest BCUT2D eigenvalue weighted by Gasteiger charge is 2.23. The first-order chi connectivity index (χ1) is 10.6. The third-order valence-corrected chi connectivity index (χ3v) is 4.27. The average molecular weight is 364 g/mol. The van der Waals surface area contributed by atoms with Gasteiger partial charge in [0.1, 0.15) is 17.3 Å². The molecule has 0 atom stereocenters. The molecule has 116 valence electrons. The van der Waals surface area contributed by atoms with Gasteiger partial charge in [-0.2, -0.15) is 9.78 Å². The van der Waals surface area contributed by atoms with E-state index in [-0.39, 0.29) is 5.96 Å². The Hall–Kier alpha value is -2.02. The number of rotatable bonds is 2. The molecule has 1 aromatic heterocycles. The molecule has 0 bridgehead atoms. The number of hydrogen-bond donors (Lipinski definition) is 3. The molecule has 2 aromatic rings. The molecule has 0 saturated carbocycles. The largest absolute Gasteiger partial charge is 0.496 e. The van der Waals surface area contributed by atoms with Gasteiger partial charge in [0.15, 0.2) is 0 Å². The molecule has 0 aliphatic carbocycles. The maximum absolute atomic E-state index is 7.76. The summed E-state index contributed by atoms with van der Waals surface area (Å²) in [7, 11) is 1.64. The maximum atomic E-state index is 7.76. The number of nitrogens with two attached hydrogens (primary N) is 1. The number of methoxy groups -OCH3 is 1. The number of ether oxygens (including phenoxy) is 1. The van der Waals surface area contributed by atoms with Gasteiger partial charge in [0, 0.05) is 22.1 Å². The van der Waals surface area contributed by atoms with Crippen molar-refractivity contribution in [1.82, 2.24) is 9.78 Å². The molecule has 1 aliphatic heterocycles. The van der Waals surface area contributed by atoms with Crippen LogP contribution in [0.1, 0.15) is 18.4 Å². The second-order valence-corrected chi connectivity index (χ2v) is 6.12. The van der Waals surface area contributed by atoms with Crippen molar-refractivity contribution in [3.05, 3.63) is 28.2 Å². The highest BCUT2D eigenvalue weighted by atomic mass is 79.9. The quantitative estimate of drug-likeness (QED) is 0.565. The van der Waals surface area contributed by atoms with Crippen molar-refractivity contribution in [1.29, 1.82) is 5.41 Å². The van der Waals surface area contributed by atoms with Gasteiger partial charge >= 0.3 is 0 Å². The standard InChI is InChI=1S/C15H18BrN5O/c1-22-12-6-5-9(16)8-11(12)13-10-4-2-3-7-19-14(10)21(20-13)15(17)18/h5-6,8,19H,2-4,7H2,1H3,(H3,17,18). The zero-order chi connectivity index (χ0) is 15.7. The second kappa shape index (κ2) is 6.00. The Morgan fingerprint density at radius 3 is 3.00 bits per heavy atom. The van der Waals surface area contributed by atoms with Crippen LogP contribution in [0.2, 0.25) is 0 Å². The Balaban J connectivity index is 2.23. The Kier molecular flexibility index (Phi) is 4.06. The van der Waals surface area contributed by atoms with Gasteiger partial charge in [-0.3, -0.25) is 5.41 Å². The third-order valence-electron chi connectivity index (χ3n) is 3.77. The Labute approximate surface area is 137 Å². The van der Waals surface area contributed by atoms with Crippen LogP contribution in [0, 0.1) is 5.41 Å². The van der Waals surface area contributed by atoms with E-state index in [9.17, 15) is 0 Å². The molecular formula is C15H18BrN5O. The van der Waals surface area contributed by atoms with Crippen LogP contribution in [0.3, 0.4) is 0 Å². The molecule has 4 N–H and O–H groups in total. The molecule has 0 spiro atoms. The predicted octanol–water partition coefficient (Wildman–Crippen LogP) is 2.81. The average Bonchev–Trinajstić information content (AvgIpc) is 2.69. The van der Waals surface area contributed by atoms with E-state index in [1.165, 1.54) is 4.68 Å². The molecule has 0 saturated heterocycles. The highest BCUT2D eigenvalue weighted by Crippen LogP contribution is 2.38. The molecule has 0 radical (unpaired) electrons. The van der Waals surface area contributed by atoms with Crippen molar-refractivity contribution < 1.29 is 4.74 Å². The lowest BCUT2D eigenvalue weighted by Gasteiger charge is -2.08. The number of hydrogen-bond acceptors (Lipinski definition) is 4. The van der Waals surface area contributed by atoms with Crippen LogP contribution in [-0.4, -0.2) is 29.4 Å². The fourth-order valence-corrected chi connectivity index (χ4v) is 3.12. The van der Waals surface area contributed by atoms with Crippen LogP contribution >= 0.6 is 15.9 Å². The molecule has 2 heterocycles. The van der Waals surface area contributed by atoms with E-state index in [1.54, 1.807) is 7.11 Å². The molecule has 1 aliphatic rings. The zero-order valence-electron chi connectivity index (χ0n) is 12.3. The number of anilines is 1. The van der Waals surface area contributed by atoms with Gasteiger partial charge in [-0.15, -0.1) is 0 Å². The van der Waals surface area contributed by atoms with Gasteiger partial charge in [-0.1, -0.05) is 15.9 Å². The molecule has 3 rings (SSSR count). The monoisotopic (exact) mass is 363 g/mol. The van der Waals surface area contributed by atoms with Gasteiger partial charge in [0.2, 0.25) is 5.96 Å². The van der Waals surface area contributed by atoms with Crippen LogP contribution in [0.5, 0.6) is 5.75 Å². The predicted molar refractivity (Wildman–Crippen MR) is 90.7 cm³/mol. The van der Waals surface area contributed by atoms with E-state index in [1.807, 2.05) is 18.2 Å². The summed E-state index contributed by atoms with van der Waals surface area (Å²) in [6.07, 6.45) is 3.06. The minimum Gasteiger partial charge on any atom is -0.496 e. The van der Waals surface area contributed by atoms with E-state index in [4.69, 9.17) is 15.9 Å². The molecule has 0 unspecified atom stereocenters. The Bertz CT molecular complexity index is 725. The van der Waals surface area contributed by atoms with Gasteiger partial charge in [-0.05, 0) is 37.5 Å². The molecule has 7 heteroatoms. The van der Waals surface area contributed by atoms with E-state index < -0.39 is 0 Å². The van der Waals surface area contributed by atoms with Crippen LogP contribution in [0.4, 0.5) is 5.82 Å². The van der Waals surface area contributed by atoms with Gasteiger partial charge in [0.05, 0.1) is 7.11 Å². The van der Waals surface area contributed by atoms with Crippen molar-refractivity contribution in [2.45, 2.75) is 19.3 Å². The third kappa shape index (κ3) is 2.56. The number of benzene rings is 1. The summed E-state index contributed by atoms with van der Waals surface area (Å²) >= 11 is 3.50. The van der Waals surface area contributed by atoms with Crippen molar-refractivity contribution in [2.75, 3.05) is 19.0 Å². The zero-order valence-corrected chi connectivity index (χ0v) is 13.9. The first kappa shape index (κ1) is 14.9. The summed E-state index contributed by atoms with van der Waals surface area (Å²) in [5.41, 5.74) is 8.49. The summed E-state index contributed by atoms with van der Waals surface area (Å²) < 4.78 is 7.89. The van der Waals surface area contributed by atoms with Crippen molar-refractivity contribution in [3.8, 4) is 17.0 Å². The Morgan fingerprint density at radius 1 is 1.45 bits per heavy atom. The summed E-state index contributed by atoms with van der Waals surface area (Å²) in [5.74, 6) is 1.48.